The molecule has 4 heteroatoms. The van der Waals surface area contributed by atoms with E-state index in [0.717, 1.165) is 77.3 Å². The zero-order valence-electron chi connectivity index (χ0n) is 23.1. The van der Waals surface area contributed by atoms with E-state index in [1.165, 1.54) is 0 Å². The number of hydrogen-bond donors (Lipinski definition) is 0. The molecular formula is C39H24N2O2. The van der Waals surface area contributed by atoms with Crippen LogP contribution >= 0.6 is 0 Å². The summed E-state index contributed by atoms with van der Waals surface area (Å²) >= 11 is 0. The predicted molar refractivity (Wildman–Crippen MR) is 176 cm³/mol. The number of rotatable bonds is 4. The van der Waals surface area contributed by atoms with Crippen molar-refractivity contribution in [3.8, 4) is 11.1 Å². The second kappa shape index (κ2) is 9.33. The van der Waals surface area contributed by atoms with Crippen LogP contribution in [0.4, 0.5) is 17.1 Å². The van der Waals surface area contributed by atoms with Crippen LogP contribution in [0.2, 0.25) is 0 Å². The van der Waals surface area contributed by atoms with Gasteiger partial charge in [0, 0.05) is 50.7 Å². The number of furan rings is 2. The van der Waals surface area contributed by atoms with E-state index in [9.17, 15) is 0 Å². The second-order valence-electron chi connectivity index (χ2n) is 10.8. The van der Waals surface area contributed by atoms with E-state index in [1.54, 1.807) is 6.20 Å². The molecule has 0 saturated carbocycles. The predicted octanol–water partition coefficient (Wildman–Crippen LogP) is 11.2. The van der Waals surface area contributed by atoms with E-state index < -0.39 is 0 Å². The van der Waals surface area contributed by atoms with Crippen LogP contribution in [0.25, 0.3) is 65.9 Å². The summed E-state index contributed by atoms with van der Waals surface area (Å²) < 4.78 is 12.4. The van der Waals surface area contributed by atoms with Gasteiger partial charge >= 0.3 is 0 Å². The number of benzene rings is 6. The van der Waals surface area contributed by atoms with Crippen LogP contribution in [0.5, 0.6) is 0 Å². The standard InChI is InChI=1S/C39H24N2O2/c1-2-9-25(10-3-1)29-11-4-6-14-34(29)41(28-18-20-32-31-12-5-7-15-35(31)42-37(32)24-28)27-17-19-30-26(23-27)16-21-36-38(30)33-13-8-22-40-39(33)43-36/h1-24H. The Morgan fingerprint density at radius 1 is 0.488 bits per heavy atom. The van der Waals surface area contributed by atoms with Crippen molar-refractivity contribution in [1.29, 1.82) is 0 Å². The first-order valence-electron chi connectivity index (χ1n) is 14.4. The van der Waals surface area contributed by atoms with Crippen molar-refractivity contribution in [1.82, 2.24) is 4.98 Å². The lowest BCUT2D eigenvalue weighted by atomic mass is 10.00. The molecule has 4 nitrogen and oxygen atoms in total. The lowest BCUT2D eigenvalue weighted by molar-refractivity contribution is 0.654. The lowest BCUT2D eigenvalue weighted by Gasteiger charge is -2.28. The molecule has 0 N–H and O–H groups in total. The van der Waals surface area contributed by atoms with Gasteiger partial charge in [0.25, 0.3) is 0 Å². The fraction of sp³-hybridized carbons (Fsp3) is 0. The maximum Gasteiger partial charge on any atom is 0.227 e. The summed E-state index contributed by atoms with van der Waals surface area (Å²) in [6, 6.07) is 48.7. The summed E-state index contributed by atoms with van der Waals surface area (Å²) in [5, 5.41) is 6.61. The molecule has 0 bridgehead atoms. The van der Waals surface area contributed by atoms with Gasteiger partial charge in [0.2, 0.25) is 5.71 Å². The van der Waals surface area contributed by atoms with E-state index in [2.05, 4.69) is 125 Å². The quantitative estimate of drug-likeness (QED) is 0.218. The van der Waals surface area contributed by atoms with Gasteiger partial charge in [0.15, 0.2) is 0 Å². The summed E-state index contributed by atoms with van der Waals surface area (Å²) in [7, 11) is 0. The minimum atomic E-state index is 0.659. The monoisotopic (exact) mass is 552 g/mol. The van der Waals surface area contributed by atoms with Crippen LogP contribution in [-0.2, 0) is 0 Å². The molecule has 3 aromatic heterocycles. The van der Waals surface area contributed by atoms with E-state index in [1.807, 2.05) is 24.3 Å². The van der Waals surface area contributed by atoms with Gasteiger partial charge in [-0.3, -0.25) is 0 Å². The molecular weight excluding hydrogens is 528 g/mol. The Hall–Kier alpha value is -5.87. The molecule has 0 amide bonds. The van der Waals surface area contributed by atoms with Crippen molar-refractivity contribution in [2.24, 2.45) is 0 Å². The van der Waals surface area contributed by atoms with Gasteiger partial charge < -0.3 is 13.7 Å². The highest BCUT2D eigenvalue weighted by Gasteiger charge is 2.20. The first-order valence-corrected chi connectivity index (χ1v) is 14.4. The molecule has 0 fully saturated rings. The van der Waals surface area contributed by atoms with Crippen LogP contribution in [0.3, 0.4) is 0 Å². The number of hydrogen-bond acceptors (Lipinski definition) is 4. The van der Waals surface area contributed by atoms with Crippen molar-refractivity contribution in [3.05, 3.63) is 146 Å². The molecule has 202 valence electrons. The molecule has 9 aromatic rings. The molecule has 0 unspecified atom stereocenters. The molecule has 3 heterocycles. The van der Waals surface area contributed by atoms with Crippen LogP contribution in [0.15, 0.2) is 155 Å². The number of nitrogens with zero attached hydrogens (tertiary/aromatic N) is 2. The second-order valence-corrected chi connectivity index (χ2v) is 10.8. The molecule has 0 spiro atoms. The Labute approximate surface area is 247 Å². The first kappa shape index (κ1) is 23.8. The molecule has 6 aromatic carbocycles. The third-order valence-corrected chi connectivity index (χ3v) is 8.32. The van der Waals surface area contributed by atoms with E-state index >= 15 is 0 Å². The van der Waals surface area contributed by atoms with Gasteiger partial charge in [-0.15, -0.1) is 0 Å². The summed E-state index contributed by atoms with van der Waals surface area (Å²) in [5.74, 6) is 0. The Morgan fingerprint density at radius 3 is 2.16 bits per heavy atom. The smallest absolute Gasteiger partial charge is 0.227 e. The fourth-order valence-electron chi connectivity index (χ4n) is 6.38. The highest BCUT2D eigenvalue weighted by atomic mass is 16.3. The van der Waals surface area contributed by atoms with Gasteiger partial charge in [-0.25, -0.2) is 4.98 Å². The maximum absolute atomic E-state index is 6.34. The van der Waals surface area contributed by atoms with E-state index in [4.69, 9.17) is 8.83 Å². The van der Waals surface area contributed by atoms with Gasteiger partial charge in [-0.05, 0) is 70.9 Å². The number of pyridine rings is 1. The maximum atomic E-state index is 6.34. The Kier molecular flexibility index (Phi) is 5.16. The third-order valence-electron chi connectivity index (χ3n) is 8.32. The molecule has 0 aliphatic rings. The fourth-order valence-corrected chi connectivity index (χ4v) is 6.38. The van der Waals surface area contributed by atoms with Gasteiger partial charge in [0.1, 0.15) is 16.7 Å². The summed E-state index contributed by atoms with van der Waals surface area (Å²) in [6.07, 6.45) is 1.77. The lowest BCUT2D eigenvalue weighted by Crippen LogP contribution is -2.11. The number of para-hydroxylation sites is 2. The summed E-state index contributed by atoms with van der Waals surface area (Å²) in [4.78, 5) is 6.77. The van der Waals surface area contributed by atoms with E-state index in [0.29, 0.717) is 5.71 Å². The highest BCUT2D eigenvalue weighted by molar-refractivity contribution is 6.18. The first-order chi connectivity index (χ1) is 21.3. The average molecular weight is 553 g/mol. The van der Waals surface area contributed by atoms with Crippen LogP contribution in [-0.4, -0.2) is 4.98 Å². The van der Waals surface area contributed by atoms with Crippen molar-refractivity contribution in [3.63, 3.8) is 0 Å². The minimum absolute atomic E-state index is 0.659. The van der Waals surface area contributed by atoms with Gasteiger partial charge in [-0.2, -0.15) is 0 Å². The number of anilines is 3. The molecule has 0 aliphatic carbocycles. The van der Waals surface area contributed by atoms with Crippen LogP contribution in [0.1, 0.15) is 0 Å². The van der Waals surface area contributed by atoms with Crippen molar-refractivity contribution in [2.75, 3.05) is 4.90 Å². The Bertz CT molecular complexity index is 2470. The average Bonchev–Trinajstić information content (AvgIpc) is 3.64. The number of aromatic nitrogens is 1. The molecule has 9 rings (SSSR count). The Morgan fingerprint density at radius 2 is 1.23 bits per heavy atom. The van der Waals surface area contributed by atoms with Gasteiger partial charge in [-0.1, -0.05) is 78.9 Å². The van der Waals surface area contributed by atoms with Crippen molar-refractivity contribution in [2.45, 2.75) is 0 Å². The Balaban J connectivity index is 1.30. The zero-order valence-corrected chi connectivity index (χ0v) is 23.1. The topological polar surface area (TPSA) is 42.4 Å². The molecule has 0 saturated heterocycles. The molecule has 43 heavy (non-hydrogen) atoms. The van der Waals surface area contributed by atoms with Gasteiger partial charge in [0.05, 0.1) is 5.69 Å². The molecule has 0 radical (unpaired) electrons. The third kappa shape index (κ3) is 3.74. The SMILES string of the molecule is c1ccc(-c2ccccc2N(c2ccc3c(ccc4oc5ncccc5c43)c2)c2ccc3c(c2)oc2ccccc23)cc1. The van der Waals surface area contributed by atoms with Crippen LogP contribution < -0.4 is 4.90 Å². The molecule has 0 atom stereocenters. The van der Waals surface area contributed by atoms with Crippen LogP contribution in [0, 0.1) is 0 Å². The van der Waals surface area contributed by atoms with Crippen molar-refractivity contribution >= 4 is 71.8 Å². The largest absolute Gasteiger partial charge is 0.456 e. The number of fused-ring (bicyclic) bond motifs is 8. The zero-order chi connectivity index (χ0) is 28.3. The normalized spacial score (nSPS) is 11.7. The minimum Gasteiger partial charge on any atom is -0.456 e. The molecule has 0 aliphatic heterocycles. The van der Waals surface area contributed by atoms with Crippen molar-refractivity contribution < 1.29 is 8.83 Å². The highest BCUT2D eigenvalue weighted by Crippen LogP contribution is 2.44. The summed E-state index contributed by atoms with van der Waals surface area (Å²) in [6.45, 7) is 0. The van der Waals surface area contributed by atoms with E-state index in [-0.39, 0.29) is 0 Å². The summed E-state index contributed by atoms with van der Waals surface area (Å²) in [5.41, 5.74) is 8.72.